The highest BCUT2D eigenvalue weighted by Crippen LogP contribution is 2.25. The van der Waals surface area contributed by atoms with Gasteiger partial charge in [0.15, 0.2) is 11.6 Å². The first-order chi connectivity index (χ1) is 10.4. The Morgan fingerprint density at radius 2 is 1.86 bits per heavy atom. The van der Waals surface area contributed by atoms with E-state index in [1.165, 1.54) is 6.07 Å². The first kappa shape index (κ1) is 16.8. The molecule has 2 atom stereocenters. The number of rotatable bonds is 4. The van der Waals surface area contributed by atoms with Gasteiger partial charge in [-0.15, -0.1) is 0 Å². The van der Waals surface area contributed by atoms with Crippen LogP contribution < -0.4 is 5.32 Å². The molecule has 2 rings (SSSR count). The minimum absolute atomic E-state index is 0.178. The van der Waals surface area contributed by atoms with Gasteiger partial charge in [-0.05, 0) is 50.3 Å². The molecule has 3 N–H and O–H groups in total. The van der Waals surface area contributed by atoms with Gasteiger partial charge >= 0.3 is 0 Å². The van der Waals surface area contributed by atoms with Crippen LogP contribution in [-0.2, 0) is 4.79 Å². The lowest BCUT2D eigenvalue weighted by atomic mass is 9.86. The molecule has 0 saturated heterocycles. The van der Waals surface area contributed by atoms with E-state index in [2.05, 4.69) is 5.32 Å². The lowest BCUT2D eigenvalue weighted by Gasteiger charge is -2.27. The maximum absolute atomic E-state index is 13.2. The van der Waals surface area contributed by atoms with E-state index in [0.717, 1.165) is 12.1 Å². The van der Waals surface area contributed by atoms with Crippen molar-refractivity contribution in [1.29, 1.82) is 0 Å². The summed E-state index contributed by atoms with van der Waals surface area (Å²) in [6.45, 7) is 1.61. The van der Waals surface area contributed by atoms with Gasteiger partial charge in [-0.1, -0.05) is 6.07 Å². The summed E-state index contributed by atoms with van der Waals surface area (Å²) >= 11 is 0. The van der Waals surface area contributed by atoms with Crippen LogP contribution in [0.2, 0.25) is 0 Å². The van der Waals surface area contributed by atoms with E-state index in [-0.39, 0.29) is 23.5 Å². The smallest absolute Gasteiger partial charge is 0.223 e. The van der Waals surface area contributed by atoms with Crippen molar-refractivity contribution >= 4 is 5.91 Å². The molecule has 6 heteroatoms. The quantitative estimate of drug-likeness (QED) is 0.797. The molecule has 1 fully saturated rings. The largest absolute Gasteiger partial charge is 0.393 e. The third-order valence-electron chi connectivity index (χ3n) is 4.20. The second-order valence-electron chi connectivity index (χ2n) is 5.92. The molecule has 1 aromatic carbocycles. The molecule has 1 saturated carbocycles. The molecular weight excluding hydrogens is 292 g/mol. The Morgan fingerprint density at radius 1 is 1.23 bits per heavy atom. The van der Waals surface area contributed by atoms with E-state index in [0.29, 0.717) is 25.7 Å². The fourth-order valence-corrected chi connectivity index (χ4v) is 2.74. The number of carbonyl (C=O) groups excluding carboxylic acids is 1. The van der Waals surface area contributed by atoms with Crippen LogP contribution >= 0.6 is 0 Å². The number of halogens is 2. The van der Waals surface area contributed by atoms with Crippen molar-refractivity contribution in [3.63, 3.8) is 0 Å². The van der Waals surface area contributed by atoms with Gasteiger partial charge in [0.25, 0.3) is 0 Å². The number of aliphatic hydroxyl groups excluding tert-OH is 2. The molecule has 1 aromatic rings. The second kappa shape index (κ2) is 7.15. The van der Waals surface area contributed by atoms with E-state index in [1.54, 1.807) is 6.92 Å². The lowest BCUT2D eigenvalue weighted by molar-refractivity contribution is -0.128. The lowest BCUT2D eigenvalue weighted by Crippen LogP contribution is -2.42. The van der Waals surface area contributed by atoms with Gasteiger partial charge in [0.05, 0.1) is 18.2 Å². The molecule has 1 aliphatic carbocycles. The molecule has 0 radical (unpaired) electrons. The third-order valence-corrected chi connectivity index (χ3v) is 4.20. The van der Waals surface area contributed by atoms with Crippen molar-refractivity contribution in [3.8, 4) is 0 Å². The minimum Gasteiger partial charge on any atom is -0.393 e. The predicted octanol–water partition coefficient (Wildman–Crippen LogP) is 2.05. The fourth-order valence-electron chi connectivity index (χ4n) is 2.74. The summed E-state index contributed by atoms with van der Waals surface area (Å²) in [5.74, 6) is -2.37. The van der Waals surface area contributed by atoms with Gasteiger partial charge in [0.1, 0.15) is 0 Å². The van der Waals surface area contributed by atoms with Crippen molar-refractivity contribution in [3.05, 3.63) is 35.4 Å². The van der Waals surface area contributed by atoms with Crippen molar-refractivity contribution in [2.75, 3.05) is 0 Å². The number of hydrogen-bond donors (Lipinski definition) is 3. The molecule has 1 aliphatic rings. The van der Waals surface area contributed by atoms with E-state index in [1.807, 2.05) is 0 Å². The summed E-state index contributed by atoms with van der Waals surface area (Å²) < 4.78 is 26.1. The molecule has 0 heterocycles. The monoisotopic (exact) mass is 313 g/mol. The fraction of sp³-hybridized carbons (Fsp3) is 0.562. The Hall–Kier alpha value is -1.53. The molecule has 0 bridgehead atoms. The molecule has 1 amide bonds. The van der Waals surface area contributed by atoms with Gasteiger partial charge in [-0.2, -0.15) is 0 Å². The zero-order valence-corrected chi connectivity index (χ0v) is 12.4. The number of amides is 1. The first-order valence-electron chi connectivity index (χ1n) is 7.50. The highest BCUT2D eigenvalue weighted by molar-refractivity contribution is 5.79. The molecule has 22 heavy (non-hydrogen) atoms. The van der Waals surface area contributed by atoms with Crippen LogP contribution in [-0.4, -0.2) is 28.3 Å². The van der Waals surface area contributed by atoms with E-state index in [4.69, 9.17) is 0 Å². The number of hydrogen-bond acceptors (Lipinski definition) is 3. The predicted molar refractivity (Wildman–Crippen MR) is 76.9 cm³/mol. The zero-order chi connectivity index (χ0) is 16.3. The Kier molecular flexibility index (Phi) is 5.47. The van der Waals surface area contributed by atoms with Gasteiger partial charge in [0.2, 0.25) is 5.91 Å². The molecule has 4 nitrogen and oxygen atoms in total. The summed E-state index contributed by atoms with van der Waals surface area (Å²) in [4.78, 5) is 12.1. The second-order valence-corrected chi connectivity index (χ2v) is 5.92. The summed E-state index contributed by atoms with van der Waals surface area (Å²) in [7, 11) is 0. The summed E-state index contributed by atoms with van der Waals surface area (Å²) in [5, 5.41) is 22.3. The minimum atomic E-state index is -1.12. The Labute approximate surface area is 128 Å². The van der Waals surface area contributed by atoms with Crippen LogP contribution in [0.25, 0.3) is 0 Å². The van der Waals surface area contributed by atoms with Gasteiger partial charge in [-0.25, -0.2) is 8.78 Å². The van der Waals surface area contributed by atoms with E-state index >= 15 is 0 Å². The standard InChI is InChI=1S/C16H21F2NO3/c1-9(15(21)11-4-7-13(17)14(18)8-11)19-16(22)10-2-5-12(20)6-3-10/h4,7-10,12,15,20-21H,2-3,5-6H2,1H3,(H,19,22)/t9-,10?,12?,15+/m0/s1. The van der Waals surface area contributed by atoms with Gasteiger partial charge < -0.3 is 15.5 Å². The Balaban J connectivity index is 1.94. The number of benzene rings is 1. The normalized spacial score (nSPS) is 24.6. The van der Waals surface area contributed by atoms with Gasteiger partial charge in [0, 0.05) is 5.92 Å². The van der Waals surface area contributed by atoms with Crippen LogP contribution in [0.15, 0.2) is 18.2 Å². The molecule has 0 aliphatic heterocycles. The maximum Gasteiger partial charge on any atom is 0.223 e. The highest BCUT2D eigenvalue weighted by Gasteiger charge is 2.27. The average Bonchev–Trinajstić information content (AvgIpc) is 2.49. The first-order valence-corrected chi connectivity index (χ1v) is 7.50. The number of carbonyl (C=O) groups is 1. The van der Waals surface area contributed by atoms with Crippen LogP contribution in [0.3, 0.4) is 0 Å². The Bertz CT molecular complexity index is 530. The molecule has 0 aromatic heterocycles. The molecular formula is C16H21F2NO3. The van der Waals surface area contributed by atoms with Crippen molar-refractivity contribution in [1.82, 2.24) is 5.32 Å². The summed E-state index contributed by atoms with van der Waals surface area (Å²) in [6, 6.07) is 2.55. The Morgan fingerprint density at radius 3 is 2.45 bits per heavy atom. The van der Waals surface area contributed by atoms with Gasteiger partial charge in [-0.3, -0.25) is 4.79 Å². The SMILES string of the molecule is C[C@H](NC(=O)C1CCC(O)CC1)[C@@H](O)c1ccc(F)c(F)c1. The van der Waals surface area contributed by atoms with E-state index in [9.17, 15) is 23.8 Å². The number of aliphatic hydroxyl groups is 2. The summed E-state index contributed by atoms with van der Waals surface area (Å²) in [5.41, 5.74) is 0.214. The topological polar surface area (TPSA) is 69.6 Å². The molecule has 122 valence electrons. The zero-order valence-electron chi connectivity index (χ0n) is 12.4. The van der Waals surface area contributed by atoms with Crippen molar-refractivity contribution in [2.45, 2.75) is 50.9 Å². The van der Waals surface area contributed by atoms with Crippen LogP contribution in [0, 0.1) is 17.6 Å². The van der Waals surface area contributed by atoms with Crippen LogP contribution in [0.1, 0.15) is 44.3 Å². The third kappa shape index (κ3) is 4.01. The number of nitrogens with one attached hydrogen (secondary N) is 1. The highest BCUT2D eigenvalue weighted by atomic mass is 19.2. The molecule has 0 spiro atoms. The van der Waals surface area contributed by atoms with Crippen molar-refractivity contribution < 1.29 is 23.8 Å². The van der Waals surface area contributed by atoms with Crippen molar-refractivity contribution in [2.24, 2.45) is 5.92 Å². The van der Waals surface area contributed by atoms with Crippen LogP contribution in [0.5, 0.6) is 0 Å². The summed E-state index contributed by atoms with van der Waals surface area (Å²) in [6.07, 6.45) is 0.959. The van der Waals surface area contributed by atoms with Crippen LogP contribution in [0.4, 0.5) is 8.78 Å². The maximum atomic E-state index is 13.2. The van der Waals surface area contributed by atoms with E-state index < -0.39 is 23.8 Å². The average molecular weight is 313 g/mol. The molecule has 0 unspecified atom stereocenters.